The highest BCUT2D eigenvalue weighted by Gasteiger charge is 2.56. The second-order valence-electron chi connectivity index (χ2n) is 10.1. The maximum Gasteiger partial charge on any atom is 0.416 e. The zero-order valence-corrected chi connectivity index (χ0v) is 23.9. The van der Waals surface area contributed by atoms with Gasteiger partial charge in [0, 0.05) is 16.5 Å². The van der Waals surface area contributed by atoms with Crippen molar-refractivity contribution in [2.75, 3.05) is 16.8 Å². The zero-order chi connectivity index (χ0) is 30.5. The Morgan fingerprint density at radius 3 is 2.53 bits per heavy atom. The Morgan fingerprint density at radius 2 is 1.77 bits per heavy atom. The van der Waals surface area contributed by atoms with Gasteiger partial charge in [-0.15, -0.1) is 0 Å². The number of aromatic nitrogens is 1. The van der Waals surface area contributed by atoms with Gasteiger partial charge >= 0.3 is 11.0 Å². The number of benzene rings is 3. The van der Waals surface area contributed by atoms with Crippen LogP contribution in [-0.2, 0) is 20.6 Å². The molecule has 4 aromatic rings. The normalized spacial score (nSPS) is 19.6. The Balaban J connectivity index is 1.30. The third-order valence-corrected chi connectivity index (χ3v) is 9.55. The molecule has 43 heavy (non-hydrogen) atoms. The van der Waals surface area contributed by atoms with Gasteiger partial charge in [0.1, 0.15) is 11.0 Å². The van der Waals surface area contributed by atoms with Crippen molar-refractivity contribution in [2.45, 2.75) is 29.3 Å². The molecule has 3 amide bonds. The number of fused-ring (bicyclic) bond motifs is 2. The van der Waals surface area contributed by atoms with E-state index in [1.807, 2.05) is 25.1 Å². The number of aryl methyl sites for hydroxylation is 1. The number of hydrogen-bond acceptors (Lipinski definition) is 7. The van der Waals surface area contributed by atoms with Crippen molar-refractivity contribution in [3.8, 4) is 5.75 Å². The summed E-state index contributed by atoms with van der Waals surface area (Å²) in [6, 6.07) is 18.0. The first-order chi connectivity index (χ1) is 20.5. The number of halogens is 3. The van der Waals surface area contributed by atoms with Gasteiger partial charge < -0.3 is 15.0 Å². The standard InChI is InChI=1S/C30H22F3N3O5S2/c1-15-5-2-8-18(11-15)34-21(37)14-41-20-10-3-6-16(12-20)22-23-25(42-26-24(22)43-29(40)35-26)28(39)36(27(23)38)19-9-4-7-17(13-19)30(31,32)33/h2-13,22-23,25H,14H2,1H3,(H,34,37)(H,35,40)/t22-,23?,25?/m1/s1. The van der Waals surface area contributed by atoms with E-state index in [1.54, 1.807) is 30.3 Å². The molecule has 8 nitrogen and oxygen atoms in total. The molecule has 2 N–H and O–H groups in total. The van der Waals surface area contributed by atoms with E-state index in [-0.39, 0.29) is 23.1 Å². The number of nitrogens with one attached hydrogen (secondary N) is 2. The zero-order valence-electron chi connectivity index (χ0n) is 22.3. The number of hydrogen-bond donors (Lipinski definition) is 2. The molecule has 3 aromatic carbocycles. The number of thioether (sulfide) groups is 1. The average molecular weight is 626 g/mol. The van der Waals surface area contributed by atoms with Crippen LogP contribution in [-0.4, -0.2) is 34.6 Å². The van der Waals surface area contributed by atoms with Crippen molar-refractivity contribution >= 4 is 52.2 Å². The molecule has 220 valence electrons. The van der Waals surface area contributed by atoms with E-state index in [0.29, 0.717) is 26.9 Å². The average Bonchev–Trinajstić information content (AvgIpc) is 3.45. The van der Waals surface area contributed by atoms with Gasteiger partial charge in [0.25, 0.3) is 5.91 Å². The number of aromatic amines is 1. The minimum atomic E-state index is -4.66. The quantitative estimate of drug-likeness (QED) is 0.271. The highest BCUT2D eigenvalue weighted by molar-refractivity contribution is 8.00. The summed E-state index contributed by atoms with van der Waals surface area (Å²) in [6.45, 7) is 1.60. The number of anilines is 2. The number of amides is 3. The molecular weight excluding hydrogens is 603 g/mol. The van der Waals surface area contributed by atoms with Crippen LogP contribution in [0.4, 0.5) is 24.5 Å². The minimum Gasteiger partial charge on any atom is -0.484 e. The van der Waals surface area contributed by atoms with E-state index in [0.717, 1.165) is 51.8 Å². The number of ether oxygens (including phenoxy) is 1. The van der Waals surface area contributed by atoms with Crippen LogP contribution in [0.2, 0.25) is 0 Å². The molecule has 2 aliphatic rings. The van der Waals surface area contributed by atoms with Gasteiger partial charge in [-0.1, -0.05) is 53.4 Å². The number of thiazole rings is 1. The summed E-state index contributed by atoms with van der Waals surface area (Å²) < 4.78 is 46.0. The third-order valence-electron chi connectivity index (χ3n) is 7.14. The lowest BCUT2D eigenvalue weighted by Gasteiger charge is -2.30. The first-order valence-corrected chi connectivity index (χ1v) is 14.7. The molecule has 2 aliphatic heterocycles. The Labute approximate surface area is 250 Å². The molecule has 0 spiro atoms. The lowest BCUT2D eigenvalue weighted by Crippen LogP contribution is -2.32. The maximum absolute atomic E-state index is 13.9. The predicted molar refractivity (Wildman–Crippen MR) is 156 cm³/mol. The molecule has 13 heteroatoms. The Kier molecular flexibility index (Phi) is 7.38. The highest BCUT2D eigenvalue weighted by Crippen LogP contribution is 2.53. The summed E-state index contributed by atoms with van der Waals surface area (Å²) in [5.41, 5.74) is 0.998. The number of carbonyl (C=O) groups is 3. The van der Waals surface area contributed by atoms with E-state index in [1.165, 1.54) is 6.07 Å². The van der Waals surface area contributed by atoms with Crippen LogP contribution in [0.3, 0.4) is 0 Å². The molecule has 1 saturated heterocycles. The van der Waals surface area contributed by atoms with Crippen molar-refractivity contribution in [3.63, 3.8) is 0 Å². The van der Waals surface area contributed by atoms with E-state index >= 15 is 0 Å². The molecule has 0 saturated carbocycles. The number of imide groups is 1. The molecule has 0 aliphatic carbocycles. The molecule has 3 atom stereocenters. The third kappa shape index (κ3) is 5.57. The molecule has 3 heterocycles. The van der Waals surface area contributed by atoms with Crippen molar-refractivity contribution in [1.29, 1.82) is 0 Å². The summed E-state index contributed by atoms with van der Waals surface area (Å²) in [5, 5.41) is 2.21. The van der Waals surface area contributed by atoms with Crippen molar-refractivity contribution < 1.29 is 32.3 Å². The smallest absolute Gasteiger partial charge is 0.416 e. The van der Waals surface area contributed by atoms with Crippen LogP contribution in [0, 0.1) is 12.8 Å². The van der Waals surface area contributed by atoms with Gasteiger partial charge in [0.2, 0.25) is 11.8 Å². The maximum atomic E-state index is 13.9. The van der Waals surface area contributed by atoms with Crippen LogP contribution in [0.1, 0.15) is 27.5 Å². The van der Waals surface area contributed by atoms with Crippen LogP contribution in [0.5, 0.6) is 5.75 Å². The Hall–Kier alpha value is -4.36. The summed E-state index contributed by atoms with van der Waals surface area (Å²) >= 11 is 1.93. The lowest BCUT2D eigenvalue weighted by atomic mass is 9.83. The lowest BCUT2D eigenvalue weighted by molar-refractivity contribution is -0.137. The number of rotatable bonds is 6. The fourth-order valence-corrected chi connectivity index (χ4v) is 7.83. The van der Waals surface area contributed by atoms with Gasteiger partial charge in [0.15, 0.2) is 6.61 Å². The fourth-order valence-electron chi connectivity index (χ4n) is 5.32. The summed E-state index contributed by atoms with van der Waals surface area (Å²) in [6.07, 6.45) is -4.66. The summed E-state index contributed by atoms with van der Waals surface area (Å²) in [7, 11) is 0. The van der Waals surface area contributed by atoms with Crippen molar-refractivity contribution in [3.05, 3.63) is 104 Å². The van der Waals surface area contributed by atoms with E-state index in [2.05, 4.69) is 10.3 Å². The molecule has 2 unspecified atom stereocenters. The summed E-state index contributed by atoms with van der Waals surface area (Å²) in [4.78, 5) is 56.0. The molecule has 0 bridgehead atoms. The predicted octanol–water partition coefficient (Wildman–Crippen LogP) is 5.58. The monoisotopic (exact) mass is 625 g/mol. The minimum absolute atomic E-state index is 0.174. The van der Waals surface area contributed by atoms with Crippen LogP contribution < -0.4 is 19.8 Å². The molecule has 0 radical (unpaired) electrons. The Morgan fingerprint density at radius 1 is 1.00 bits per heavy atom. The molecule has 1 fully saturated rings. The van der Waals surface area contributed by atoms with Crippen molar-refractivity contribution in [1.82, 2.24) is 4.98 Å². The topological polar surface area (TPSA) is 109 Å². The van der Waals surface area contributed by atoms with Crippen LogP contribution in [0.15, 0.2) is 82.6 Å². The van der Waals surface area contributed by atoms with E-state index < -0.39 is 40.6 Å². The van der Waals surface area contributed by atoms with Gasteiger partial charge in [0.05, 0.1) is 22.2 Å². The van der Waals surface area contributed by atoms with Gasteiger partial charge in [-0.05, 0) is 60.5 Å². The second-order valence-corrected chi connectivity index (χ2v) is 12.3. The fraction of sp³-hybridized carbons (Fsp3) is 0.200. The van der Waals surface area contributed by atoms with Crippen molar-refractivity contribution in [2.24, 2.45) is 5.92 Å². The number of carbonyl (C=O) groups excluding carboxylic acids is 3. The molecule has 1 aromatic heterocycles. The Bertz CT molecular complexity index is 1820. The van der Waals surface area contributed by atoms with Gasteiger partial charge in [-0.2, -0.15) is 13.2 Å². The van der Waals surface area contributed by atoms with E-state index in [4.69, 9.17) is 4.74 Å². The first-order valence-electron chi connectivity index (χ1n) is 13.0. The van der Waals surface area contributed by atoms with Crippen LogP contribution >= 0.6 is 23.1 Å². The van der Waals surface area contributed by atoms with Crippen LogP contribution in [0.25, 0.3) is 0 Å². The van der Waals surface area contributed by atoms with Gasteiger partial charge in [-0.25, -0.2) is 4.90 Å². The van der Waals surface area contributed by atoms with Gasteiger partial charge in [-0.3, -0.25) is 19.2 Å². The number of alkyl halides is 3. The number of nitrogens with zero attached hydrogens (tertiary/aromatic N) is 1. The largest absolute Gasteiger partial charge is 0.484 e. The highest BCUT2D eigenvalue weighted by atomic mass is 32.2. The molecule has 6 rings (SSSR count). The second kappa shape index (κ2) is 11.0. The molecular formula is C30H22F3N3O5S2. The summed E-state index contributed by atoms with van der Waals surface area (Å²) in [5.74, 6) is -3.15. The SMILES string of the molecule is Cc1cccc(NC(=O)COc2cccc([C@H]3c4sc(=O)[nH]c4SC4C(=O)N(c5cccc(C(F)(F)F)c5)C(=O)C43)c2)c1. The van der Waals surface area contributed by atoms with E-state index in [9.17, 15) is 32.3 Å². The first kappa shape index (κ1) is 28.7. The number of H-pyrrole nitrogens is 1.